The molecule has 0 unspecified atom stereocenters. The fourth-order valence-electron chi connectivity index (χ4n) is 0.0429. The Labute approximate surface area is 55.9 Å². The van der Waals surface area contributed by atoms with Gasteiger partial charge in [-0.1, -0.05) is 23.2 Å². The minimum Gasteiger partial charge on any atom is -0.275 e. The van der Waals surface area contributed by atoms with Gasteiger partial charge in [-0.25, -0.2) is 0 Å². The van der Waals surface area contributed by atoms with E-state index in [1.807, 2.05) is 0 Å². The summed E-state index contributed by atoms with van der Waals surface area (Å²) in [6, 6.07) is 0. The number of halogens is 3. The van der Waals surface area contributed by atoms with Gasteiger partial charge >= 0.3 is 0 Å². The average Bonchev–Trinajstić information content (AvgIpc) is 1.65. The monoisotopic (exact) mass is 158 g/mol. The van der Waals surface area contributed by atoms with Crippen molar-refractivity contribution in [3.05, 3.63) is 10.6 Å². The molecule has 0 aromatic carbocycles. The molecule has 0 atom stereocenters. The van der Waals surface area contributed by atoms with Crippen LogP contribution in [0.1, 0.15) is 0 Å². The van der Waals surface area contributed by atoms with Gasteiger partial charge in [0.2, 0.25) is 0 Å². The number of rotatable bonds is 1. The lowest BCUT2D eigenvalue weighted by atomic mass is 10.7. The minimum atomic E-state index is -0.739. The Kier molecular flexibility index (Phi) is 3.44. The van der Waals surface area contributed by atoms with E-state index < -0.39 is 5.24 Å². The smallest absolute Gasteiger partial charge is 0.264 e. The Balaban J connectivity index is 3.82. The molecule has 0 radical (unpaired) electrons. The van der Waals surface area contributed by atoms with Gasteiger partial charge in [0.1, 0.15) is 5.03 Å². The highest BCUT2D eigenvalue weighted by atomic mass is 35.5. The molecule has 7 heavy (non-hydrogen) atoms. The molecule has 0 saturated heterocycles. The van der Waals surface area contributed by atoms with Gasteiger partial charge in [-0.3, -0.25) is 4.79 Å². The number of allylic oxidation sites excluding steroid dienone is 1. The van der Waals surface area contributed by atoms with Crippen molar-refractivity contribution in [2.75, 3.05) is 0 Å². The largest absolute Gasteiger partial charge is 0.275 e. The van der Waals surface area contributed by atoms with Gasteiger partial charge in [-0.2, -0.15) is 0 Å². The summed E-state index contributed by atoms with van der Waals surface area (Å²) < 4.78 is 0. The second kappa shape index (κ2) is 3.30. The fraction of sp³-hybridized carbons (Fsp3) is 0. The van der Waals surface area contributed by atoms with Gasteiger partial charge in [0.25, 0.3) is 5.24 Å². The van der Waals surface area contributed by atoms with Crippen LogP contribution in [0.15, 0.2) is 10.6 Å². The van der Waals surface area contributed by atoms with Crippen molar-refractivity contribution in [3.63, 3.8) is 0 Å². The van der Waals surface area contributed by atoms with Crippen LogP contribution in [0.3, 0.4) is 0 Å². The highest BCUT2D eigenvalue weighted by Crippen LogP contribution is 2.05. The van der Waals surface area contributed by atoms with E-state index in [1.54, 1.807) is 0 Å². The molecule has 0 aromatic heterocycles. The Hall–Kier alpha value is 0.280. The van der Waals surface area contributed by atoms with Crippen molar-refractivity contribution < 1.29 is 4.79 Å². The molecule has 0 aliphatic carbocycles. The maximum absolute atomic E-state index is 9.86. The van der Waals surface area contributed by atoms with E-state index in [0.29, 0.717) is 0 Å². The van der Waals surface area contributed by atoms with Crippen molar-refractivity contribution in [1.82, 2.24) is 0 Å². The maximum Gasteiger partial charge on any atom is 0.264 e. The maximum atomic E-state index is 9.86. The van der Waals surface area contributed by atoms with Gasteiger partial charge in [0.15, 0.2) is 0 Å². The highest BCUT2D eigenvalue weighted by molar-refractivity contribution is 6.74. The molecule has 0 amide bonds. The summed E-state index contributed by atoms with van der Waals surface area (Å²) in [6.45, 7) is 0. The van der Waals surface area contributed by atoms with Crippen LogP contribution in [-0.4, -0.2) is 5.24 Å². The van der Waals surface area contributed by atoms with E-state index in [1.165, 1.54) is 0 Å². The molecule has 0 aliphatic heterocycles. The van der Waals surface area contributed by atoms with Crippen LogP contribution >= 0.6 is 34.8 Å². The van der Waals surface area contributed by atoms with Gasteiger partial charge in [0.05, 0.1) is 0 Å². The summed E-state index contributed by atoms with van der Waals surface area (Å²) in [6.07, 6.45) is 0. The van der Waals surface area contributed by atoms with Crippen LogP contribution in [0.4, 0.5) is 0 Å². The van der Waals surface area contributed by atoms with Gasteiger partial charge < -0.3 is 0 Å². The topological polar surface area (TPSA) is 17.1 Å². The van der Waals surface area contributed by atoms with Crippen LogP contribution in [-0.2, 0) is 4.79 Å². The molecule has 0 heterocycles. The SMILES string of the molecule is O=C(Cl)/C(Cl)=C/Cl. The lowest BCUT2D eigenvalue weighted by Crippen LogP contribution is -1.80. The van der Waals surface area contributed by atoms with Crippen LogP contribution in [0.5, 0.6) is 0 Å². The Morgan fingerprint density at radius 3 is 1.86 bits per heavy atom. The fourth-order valence-corrected chi connectivity index (χ4v) is 0.252. The van der Waals surface area contributed by atoms with E-state index in [-0.39, 0.29) is 5.03 Å². The lowest BCUT2D eigenvalue weighted by Gasteiger charge is -1.77. The van der Waals surface area contributed by atoms with Gasteiger partial charge in [-0.15, -0.1) is 0 Å². The van der Waals surface area contributed by atoms with E-state index in [2.05, 4.69) is 0 Å². The van der Waals surface area contributed by atoms with Gasteiger partial charge in [0, 0.05) is 5.54 Å². The molecule has 0 aromatic rings. The van der Waals surface area contributed by atoms with Crippen molar-refractivity contribution >= 4 is 40.0 Å². The molecule has 0 rings (SSSR count). The second-order valence-corrected chi connectivity index (χ2v) is 1.70. The first-order valence-electron chi connectivity index (χ1n) is 1.34. The standard InChI is InChI=1S/C3HCl3O/c4-1-2(5)3(6)7/h1H/b2-1-. The van der Waals surface area contributed by atoms with Crippen LogP contribution in [0.25, 0.3) is 0 Å². The van der Waals surface area contributed by atoms with Crippen LogP contribution in [0.2, 0.25) is 0 Å². The minimum absolute atomic E-state index is 0.164. The zero-order valence-electron chi connectivity index (χ0n) is 3.12. The number of carbonyl (C=O) groups is 1. The van der Waals surface area contributed by atoms with Crippen molar-refractivity contribution in [2.24, 2.45) is 0 Å². The summed E-state index contributed by atoms with van der Waals surface area (Å²) >= 11 is 14.8. The molecule has 4 heteroatoms. The predicted molar refractivity (Wildman–Crippen MR) is 30.6 cm³/mol. The third-order valence-corrected chi connectivity index (χ3v) is 1.19. The van der Waals surface area contributed by atoms with Crippen molar-refractivity contribution in [3.8, 4) is 0 Å². The molecule has 40 valence electrons. The third kappa shape index (κ3) is 2.92. The Bertz CT molecular complexity index is 107. The summed E-state index contributed by atoms with van der Waals surface area (Å²) in [7, 11) is 0. The molecule has 1 nitrogen and oxygen atoms in total. The Morgan fingerprint density at radius 1 is 1.43 bits per heavy atom. The summed E-state index contributed by atoms with van der Waals surface area (Å²) in [4.78, 5) is 9.86. The third-order valence-electron chi connectivity index (χ3n) is 0.284. The van der Waals surface area contributed by atoms with E-state index in [9.17, 15) is 4.79 Å². The van der Waals surface area contributed by atoms with Crippen molar-refractivity contribution in [1.29, 1.82) is 0 Å². The lowest BCUT2D eigenvalue weighted by molar-refractivity contribution is -0.108. The van der Waals surface area contributed by atoms with Crippen LogP contribution in [0, 0.1) is 0 Å². The van der Waals surface area contributed by atoms with E-state index in [4.69, 9.17) is 34.8 Å². The molecule has 0 saturated carbocycles. The Morgan fingerprint density at radius 2 is 1.86 bits per heavy atom. The van der Waals surface area contributed by atoms with E-state index in [0.717, 1.165) is 5.54 Å². The second-order valence-electron chi connectivity index (χ2n) is 0.731. The summed E-state index contributed by atoms with van der Waals surface area (Å²) in [5.41, 5.74) is 0.914. The number of hydrogen-bond acceptors (Lipinski definition) is 1. The zero-order valence-corrected chi connectivity index (χ0v) is 5.39. The zero-order chi connectivity index (χ0) is 5.86. The molecule has 0 fully saturated rings. The summed E-state index contributed by atoms with van der Waals surface area (Å²) in [5.74, 6) is 0. The molecular weight excluding hydrogens is 158 g/mol. The van der Waals surface area contributed by atoms with Crippen molar-refractivity contribution in [2.45, 2.75) is 0 Å². The molecular formula is C3HCl3O. The highest BCUT2D eigenvalue weighted by Gasteiger charge is 1.97. The number of carbonyl (C=O) groups excluding carboxylic acids is 1. The predicted octanol–water partition coefficient (Wildman–Crippen LogP) is 2.07. The molecule has 0 bridgehead atoms. The normalized spacial score (nSPS) is 11.6. The first-order chi connectivity index (χ1) is 3.18. The molecule has 0 N–H and O–H groups in total. The summed E-state index contributed by atoms with van der Waals surface area (Å²) in [5, 5.41) is -0.903. The van der Waals surface area contributed by atoms with Crippen LogP contribution < -0.4 is 0 Å². The van der Waals surface area contributed by atoms with Gasteiger partial charge in [-0.05, 0) is 11.6 Å². The first-order valence-corrected chi connectivity index (χ1v) is 2.53. The molecule has 0 aliphatic rings. The quantitative estimate of drug-likeness (QED) is 0.423. The average molecular weight is 159 g/mol. The van der Waals surface area contributed by atoms with E-state index >= 15 is 0 Å². The number of hydrogen-bond donors (Lipinski definition) is 0. The first kappa shape index (κ1) is 7.28. The molecule has 0 spiro atoms.